The zero-order valence-corrected chi connectivity index (χ0v) is 15.1. The normalized spacial score (nSPS) is 11.8. The van der Waals surface area contributed by atoms with Crippen molar-refractivity contribution >= 4 is 37.8 Å². The van der Waals surface area contributed by atoms with Gasteiger partial charge in [0.1, 0.15) is 23.2 Å². The van der Waals surface area contributed by atoms with Crippen molar-refractivity contribution in [2.24, 2.45) is 0 Å². The molecule has 0 saturated carbocycles. The summed E-state index contributed by atoms with van der Waals surface area (Å²) in [5, 5.41) is 9.23. The van der Waals surface area contributed by atoms with E-state index in [4.69, 9.17) is 4.42 Å². The third kappa shape index (κ3) is 3.58. The molecule has 2 aromatic rings. The van der Waals surface area contributed by atoms with Gasteiger partial charge in [-0.05, 0) is 37.3 Å². The van der Waals surface area contributed by atoms with Crippen molar-refractivity contribution in [3.8, 4) is 6.07 Å². The number of carbonyl (C=O) groups excluding carboxylic acids is 1. The quantitative estimate of drug-likeness (QED) is 0.566. The fourth-order valence-electron chi connectivity index (χ4n) is 1.93. The summed E-state index contributed by atoms with van der Waals surface area (Å²) in [6.45, 7) is 1.54. The molecule has 8 heteroatoms. The molecule has 0 aliphatic carbocycles. The number of furan rings is 1. The number of ether oxygens (including phenoxy) is 1. The van der Waals surface area contributed by atoms with Crippen LogP contribution < -0.4 is 0 Å². The van der Waals surface area contributed by atoms with Gasteiger partial charge in [0, 0.05) is 10.5 Å². The van der Waals surface area contributed by atoms with Crippen molar-refractivity contribution < 1.29 is 22.4 Å². The van der Waals surface area contributed by atoms with Crippen molar-refractivity contribution in [1.82, 2.24) is 0 Å². The third-order valence-corrected chi connectivity index (χ3v) is 5.35. The number of nitrogens with zero attached hydrogens (tertiary/aromatic N) is 1. The number of sulfone groups is 1. The van der Waals surface area contributed by atoms with Crippen LogP contribution in [0.1, 0.15) is 21.9 Å². The molecule has 0 fully saturated rings. The molecule has 1 aromatic carbocycles. The number of methoxy groups -OCH3 is 1. The standard InChI is InChI=1S/C16H12BrNO5S/c1-10-15(16(19)22-2)8-12(23-10)7-14(9-18)24(20,21)13-5-3-11(17)4-6-13/h3-8H,1-2H3/b14-7+. The van der Waals surface area contributed by atoms with Gasteiger partial charge in [-0.25, -0.2) is 13.2 Å². The molecule has 1 aromatic heterocycles. The van der Waals surface area contributed by atoms with E-state index in [1.807, 2.05) is 0 Å². The summed E-state index contributed by atoms with van der Waals surface area (Å²) in [6.07, 6.45) is 1.08. The second kappa shape index (κ2) is 7.03. The number of rotatable bonds is 4. The molecule has 0 atom stereocenters. The van der Waals surface area contributed by atoms with Crippen LogP contribution in [0, 0.1) is 18.3 Å². The fraction of sp³-hybridized carbons (Fsp3) is 0.125. The first-order chi connectivity index (χ1) is 11.3. The van der Waals surface area contributed by atoms with Gasteiger partial charge < -0.3 is 9.15 Å². The lowest BCUT2D eigenvalue weighted by molar-refractivity contribution is 0.0599. The molecule has 0 aliphatic rings. The molecule has 1 heterocycles. The number of hydrogen-bond acceptors (Lipinski definition) is 6. The van der Waals surface area contributed by atoms with Crippen LogP contribution in [-0.2, 0) is 14.6 Å². The SMILES string of the molecule is COC(=O)c1cc(/C=C(\C#N)S(=O)(=O)c2ccc(Br)cc2)oc1C. The van der Waals surface area contributed by atoms with Gasteiger partial charge in [-0.15, -0.1) is 0 Å². The summed E-state index contributed by atoms with van der Waals surface area (Å²) in [7, 11) is -2.77. The van der Waals surface area contributed by atoms with E-state index in [0.29, 0.717) is 4.47 Å². The molecule has 0 aliphatic heterocycles. The zero-order valence-electron chi connectivity index (χ0n) is 12.7. The number of esters is 1. The smallest absolute Gasteiger partial charge is 0.341 e. The van der Waals surface area contributed by atoms with Gasteiger partial charge in [0.25, 0.3) is 0 Å². The van der Waals surface area contributed by atoms with E-state index in [0.717, 1.165) is 6.08 Å². The topological polar surface area (TPSA) is 97.4 Å². The van der Waals surface area contributed by atoms with Crippen molar-refractivity contribution in [2.75, 3.05) is 7.11 Å². The van der Waals surface area contributed by atoms with Gasteiger partial charge in [0.05, 0.1) is 12.0 Å². The monoisotopic (exact) mass is 409 g/mol. The Bertz CT molecular complexity index is 949. The van der Waals surface area contributed by atoms with E-state index < -0.39 is 20.7 Å². The van der Waals surface area contributed by atoms with Gasteiger partial charge in [0.15, 0.2) is 4.91 Å². The second-order valence-corrected chi connectivity index (χ2v) is 7.52. The number of halogens is 1. The van der Waals surface area contributed by atoms with Crippen LogP contribution in [0.25, 0.3) is 6.08 Å². The van der Waals surface area contributed by atoms with Crippen molar-refractivity contribution in [1.29, 1.82) is 5.26 Å². The number of allylic oxidation sites excluding steroid dienone is 1. The minimum absolute atomic E-state index is 0.0185. The molecule has 2 rings (SSSR count). The molecular weight excluding hydrogens is 398 g/mol. The predicted molar refractivity (Wildman–Crippen MR) is 89.7 cm³/mol. The molecule has 24 heavy (non-hydrogen) atoms. The number of carbonyl (C=O) groups is 1. The summed E-state index contributed by atoms with van der Waals surface area (Å²) < 4.78 is 35.7. The van der Waals surface area contributed by atoms with Gasteiger partial charge in [-0.1, -0.05) is 15.9 Å². The molecule has 0 spiro atoms. The second-order valence-electron chi connectivity index (χ2n) is 4.69. The Morgan fingerprint density at radius 2 is 1.96 bits per heavy atom. The zero-order chi connectivity index (χ0) is 17.9. The molecule has 6 nitrogen and oxygen atoms in total. The van der Waals surface area contributed by atoms with E-state index in [2.05, 4.69) is 20.7 Å². The average Bonchev–Trinajstić information content (AvgIpc) is 2.92. The largest absolute Gasteiger partial charge is 0.465 e. The molecular formula is C16H12BrNO5S. The fourth-order valence-corrected chi connectivity index (χ4v) is 3.33. The highest BCUT2D eigenvalue weighted by atomic mass is 79.9. The molecule has 0 unspecified atom stereocenters. The molecule has 0 radical (unpaired) electrons. The van der Waals surface area contributed by atoms with Crippen LogP contribution in [0.5, 0.6) is 0 Å². The summed E-state index contributed by atoms with van der Waals surface area (Å²) in [5.74, 6) is -0.262. The maximum atomic E-state index is 12.5. The summed E-state index contributed by atoms with van der Waals surface area (Å²) in [5.41, 5.74) is 0.169. The molecule has 124 valence electrons. The van der Waals surface area contributed by atoms with Crippen molar-refractivity contribution in [2.45, 2.75) is 11.8 Å². The first-order valence-corrected chi connectivity index (χ1v) is 8.88. The van der Waals surface area contributed by atoms with E-state index >= 15 is 0 Å². The van der Waals surface area contributed by atoms with E-state index in [9.17, 15) is 18.5 Å². The summed E-state index contributed by atoms with van der Waals surface area (Å²) >= 11 is 3.22. The van der Waals surface area contributed by atoms with Crippen LogP contribution in [0.3, 0.4) is 0 Å². The van der Waals surface area contributed by atoms with Crippen LogP contribution in [-0.4, -0.2) is 21.5 Å². The van der Waals surface area contributed by atoms with Crippen LogP contribution in [0.2, 0.25) is 0 Å². The highest BCUT2D eigenvalue weighted by molar-refractivity contribution is 9.10. The predicted octanol–water partition coefficient (Wildman–Crippen LogP) is 3.48. The molecule has 0 saturated heterocycles. The van der Waals surface area contributed by atoms with Gasteiger partial charge in [-0.3, -0.25) is 0 Å². The number of nitriles is 1. The summed E-state index contributed by atoms with van der Waals surface area (Å²) in [4.78, 5) is 11.1. The van der Waals surface area contributed by atoms with Gasteiger partial charge >= 0.3 is 5.97 Å². The first kappa shape index (κ1) is 18.0. The Morgan fingerprint density at radius 3 is 2.50 bits per heavy atom. The van der Waals surface area contributed by atoms with Gasteiger partial charge in [0.2, 0.25) is 9.84 Å². The van der Waals surface area contributed by atoms with E-state index in [1.165, 1.54) is 25.3 Å². The highest BCUT2D eigenvalue weighted by Gasteiger charge is 2.22. The molecule has 0 bridgehead atoms. The van der Waals surface area contributed by atoms with Crippen molar-refractivity contribution in [3.63, 3.8) is 0 Å². The van der Waals surface area contributed by atoms with Crippen LogP contribution in [0.15, 0.2) is 49.0 Å². The lowest BCUT2D eigenvalue weighted by atomic mass is 10.2. The maximum absolute atomic E-state index is 12.5. The molecule has 0 N–H and O–H groups in total. The number of benzene rings is 1. The Kier molecular flexibility index (Phi) is 5.26. The highest BCUT2D eigenvalue weighted by Crippen LogP contribution is 2.24. The summed E-state index contributed by atoms with van der Waals surface area (Å²) in [6, 6.07) is 8.89. The minimum Gasteiger partial charge on any atom is -0.465 e. The maximum Gasteiger partial charge on any atom is 0.341 e. The van der Waals surface area contributed by atoms with Gasteiger partial charge in [-0.2, -0.15) is 5.26 Å². The average molecular weight is 410 g/mol. The first-order valence-electron chi connectivity index (χ1n) is 6.60. The van der Waals surface area contributed by atoms with Crippen molar-refractivity contribution in [3.05, 3.63) is 56.8 Å². The van der Waals surface area contributed by atoms with E-state index in [1.54, 1.807) is 25.1 Å². The Morgan fingerprint density at radius 1 is 1.33 bits per heavy atom. The lowest BCUT2D eigenvalue weighted by Crippen LogP contribution is -2.03. The molecule has 0 amide bonds. The minimum atomic E-state index is -3.99. The number of aryl methyl sites for hydroxylation is 1. The number of hydrogen-bond donors (Lipinski definition) is 0. The lowest BCUT2D eigenvalue weighted by Gasteiger charge is -2.02. The van der Waals surface area contributed by atoms with Crippen LogP contribution in [0.4, 0.5) is 0 Å². The Balaban J connectivity index is 2.48. The third-order valence-electron chi connectivity index (χ3n) is 3.14. The van der Waals surface area contributed by atoms with Crippen LogP contribution >= 0.6 is 15.9 Å². The Labute approximate surface area is 147 Å². The van der Waals surface area contributed by atoms with E-state index in [-0.39, 0.29) is 22.0 Å². The Hall–Kier alpha value is -2.37.